The zero-order chi connectivity index (χ0) is 14.1. The topological polar surface area (TPSA) is 46.3 Å². The first-order valence-electron chi connectivity index (χ1n) is 7.88. The average Bonchev–Trinajstić information content (AvgIpc) is 2.46. The van der Waals surface area contributed by atoms with Gasteiger partial charge in [-0.25, -0.2) is 0 Å². The van der Waals surface area contributed by atoms with Gasteiger partial charge in [-0.2, -0.15) is 0 Å². The molecule has 3 nitrogen and oxygen atoms in total. The number of benzene rings is 1. The van der Waals surface area contributed by atoms with E-state index >= 15 is 0 Å². The number of nitrogens with zero attached hydrogens (tertiary/aromatic N) is 1. The van der Waals surface area contributed by atoms with Gasteiger partial charge < -0.3 is 5.73 Å². The van der Waals surface area contributed by atoms with Gasteiger partial charge in [0.15, 0.2) is 0 Å². The zero-order valence-corrected chi connectivity index (χ0v) is 12.3. The van der Waals surface area contributed by atoms with E-state index in [0.717, 1.165) is 12.0 Å². The van der Waals surface area contributed by atoms with Crippen molar-refractivity contribution in [1.82, 2.24) is 4.90 Å². The minimum Gasteiger partial charge on any atom is -0.366 e. The highest BCUT2D eigenvalue weighted by Crippen LogP contribution is 2.42. The molecule has 2 N–H and O–H groups in total. The number of nitrogens with two attached hydrogens (primary N) is 1. The van der Waals surface area contributed by atoms with Crippen LogP contribution in [0.5, 0.6) is 0 Å². The van der Waals surface area contributed by atoms with E-state index in [2.05, 4.69) is 17.9 Å². The molecule has 0 saturated carbocycles. The number of rotatable bonds is 3. The van der Waals surface area contributed by atoms with Crippen molar-refractivity contribution in [3.8, 4) is 0 Å². The quantitative estimate of drug-likeness (QED) is 0.919. The van der Waals surface area contributed by atoms with Crippen LogP contribution in [-0.4, -0.2) is 29.9 Å². The predicted molar refractivity (Wildman–Crippen MR) is 80.9 cm³/mol. The molecule has 0 bridgehead atoms. The van der Waals surface area contributed by atoms with Gasteiger partial charge in [0.05, 0.1) is 0 Å². The van der Waals surface area contributed by atoms with Crippen molar-refractivity contribution in [3.63, 3.8) is 0 Å². The molecule has 0 spiro atoms. The van der Waals surface area contributed by atoms with E-state index in [4.69, 9.17) is 5.73 Å². The van der Waals surface area contributed by atoms with Gasteiger partial charge in [-0.05, 0) is 62.4 Å². The van der Waals surface area contributed by atoms with E-state index < -0.39 is 0 Å². The van der Waals surface area contributed by atoms with Gasteiger partial charge in [-0.15, -0.1) is 0 Å². The number of primary amides is 1. The molecule has 1 fully saturated rings. The van der Waals surface area contributed by atoms with E-state index in [1.807, 2.05) is 12.1 Å². The van der Waals surface area contributed by atoms with Crippen LogP contribution in [0.1, 0.15) is 60.0 Å². The summed E-state index contributed by atoms with van der Waals surface area (Å²) >= 11 is 0. The number of fused-ring (bicyclic) bond motifs is 3. The van der Waals surface area contributed by atoms with Gasteiger partial charge >= 0.3 is 0 Å². The second-order valence-electron chi connectivity index (χ2n) is 6.13. The molecule has 0 aromatic heterocycles. The molecule has 1 aliphatic heterocycles. The summed E-state index contributed by atoms with van der Waals surface area (Å²) in [5, 5.41) is 0. The van der Waals surface area contributed by atoms with Gasteiger partial charge in [0.1, 0.15) is 0 Å². The van der Waals surface area contributed by atoms with E-state index in [9.17, 15) is 4.79 Å². The van der Waals surface area contributed by atoms with Crippen molar-refractivity contribution in [3.05, 3.63) is 34.9 Å². The lowest BCUT2D eigenvalue weighted by Gasteiger charge is -2.45. The third-order valence-electron chi connectivity index (χ3n) is 4.95. The van der Waals surface area contributed by atoms with E-state index in [-0.39, 0.29) is 5.91 Å². The molecule has 1 aromatic carbocycles. The van der Waals surface area contributed by atoms with Gasteiger partial charge in [-0.1, -0.05) is 19.1 Å². The van der Waals surface area contributed by atoms with Crippen molar-refractivity contribution in [2.45, 2.75) is 51.0 Å². The molecule has 3 rings (SSSR count). The summed E-state index contributed by atoms with van der Waals surface area (Å²) in [5.41, 5.74) is 8.97. The number of amides is 1. The van der Waals surface area contributed by atoms with Gasteiger partial charge in [0, 0.05) is 17.5 Å². The van der Waals surface area contributed by atoms with Crippen LogP contribution in [0, 0.1) is 0 Å². The Kier molecular flexibility index (Phi) is 3.79. The summed E-state index contributed by atoms with van der Waals surface area (Å²) < 4.78 is 0. The van der Waals surface area contributed by atoms with Crippen LogP contribution >= 0.6 is 0 Å². The van der Waals surface area contributed by atoms with Gasteiger partial charge in [0.25, 0.3) is 0 Å². The molecular weight excluding hydrogens is 248 g/mol. The Morgan fingerprint density at radius 1 is 1.40 bits per heavy atom. The summed E-state index contributed by atoms with van der Waals surface area (Å²) in [6.07, 6.45) is 5.93. The molecule has 1 amide bonds. The Bertz CT molecular complexity index is 510. The zero-order valence-electron chi connectivity index (χ0n) is 12.3. The highest BCUT2D eigenvalue weighted by molar-refractivity contribution is 5.95. The fourth-order valence-corrected chi connectivity index (χ4v) is 4.20. The standard InChI is InChI=1S/C17H24N2O/c1-2-10-19-11-4-7-13-15(19)9-8-12-5-3-6-14(16(12)13)17(18)20/h3,5-6,13,15H,2,4,7-11H2,1H3,(H2,18,20). The maximum Gasteiger partial charge on any atom is 0.248 e. The van der Waals surface area contributed by atoms with E-state index in [1.165, 1.54) is 49.9 Å². The van der Waals surface area contributed by atoms with Gasteiger partial charge in [-0.3, -0.25) is 9.69 Å². The monoisotopic (exact) mass is 272 g/mol. The van der Waals surface area contributed by atoms with Gasteiger partial charge in [0.2, 0.25) is 5.91 Å². The first-order chi connectivity index (χ1) is 9.72. The molecular formula is C17H24N2O. The number of aryl methyl sites for hydroxylation is 1. The number of carbonyl (C=O) groups excluding carboxylic acids is 1. The minimum atomic E-state index is -0.268. The molecule has 2 atom stereocenters. The van der Waals surface area contributed by atoms with Crippen molar-refractivity contribution in [2.24, 2.45) is 5.73 Å². The number of likely N-dealkylation sites (tertiary alicyclic amines) is 1. The Labute approximate surface area is 121 Å². The molecule has 2 unspecified atom stereocenters. The van der Waals surface area contributed by atoms with Crippen LogP contribution in [0.3, 0.4) is 0 Å². The Morgan fingerprint density at radius 3 is 3.00 bits per heavy atom. The van der Waals surface area contributed by atoms with Crippen molar-refractivity contribution < 1.29 is 4.79 Å². The lowest BCUT2D eigenvalue weighted by Crippen LogP contribution is -2.47. The molecule has 1 aliphatic carbocycles. The van der Waals surface area contributed by atoms with Crippen molar-refractivity contribution in [2.75, 3.05) is 13.1 Å². The summed E-state index contributed by atoms with van der Waals surface area (Å²) in [5.74, 6) is 0.234. The van der Waals surface area contributed by atoms with Crippen LogP contribution in [0.15, 0.2) is 18.2 Å². The smallest absolute Gasteiger partial charge is 0.248 e. The molecule has 3 heteroatoms. The third kappa shape index (κ3) is 2.24. The lowest BCUT2D eigenvalue weighted by atomic mass is 9.72. The molecule has 1 heterocycles. The Hall–Kier alpha value is -1.35. The largest absolute Gasteiger partial charge is 0.366 e. The maximum atomic E-state index is 11.8. The predicted octanol–water partition coefficient (Wildman–Crippen LogP) is 2.69. The number of hydrogen-bond acceptors (Lipinski definition) is 2. The summed E-state index contributed by atoms with van der Waals surface area (Å²) in [7, 11) is 0. The second kappa shape index (κ2) is 5.57. The maximum absolute atomic E-state index is 11.8. The average molecular weight is 272 g/mol. The highest BCUT2D eigenvalue weighted by Gasteiger charge is 2.37. The molecule has 20 heavy (non-hydrogen) atoms. The summed E-state index contributed by atoms with van der Waals surface area (Å²) in [4.78, 5) is 14.4. The Morgan fingerprint density at radius 2 is 2.25 bits per heavy atom. The number of carbonyl (C=O) groups is 1. The molecule has 1 saturated heterocycles. The second-order valence-corrected chi connectivity index (χ2v) is 6.13. The molecule has 1 aromatic rings. The SMILES string of the molecule is CCCN1CCCC2c3c(cccc3C(N)=O)CCC21. The number of hydrogen-bond donors (Lipinski definition) is 1. The lowest BCUT2D eigenvalue weighted by molar-refractivity contribution is 0.0982. The first kappa shape index (κ1) is 13.6. The fourth-order valence-electron chi connectivity index (χ4n) is 4.20. The van der Waals surface area contributed by atoms with Crippen LogP contribution < -0.4 is 5.73 Å². The van der Waals surface area contributed by atoms with Crippen LogP contribution in [-0.2, 0) is 6.42 Å². The molecule has 0 radical (unpaired) electrons. The summed E-state index contributed by atoms with van der Waals surface area (Å²) in [6, 6.07) is 6.67. The summed E-state index contributed by atoms with van der Waals surface area (Å²) in [6.45, 7) is 4.63. The highest BCUT2D eigenvalue weighted by atomic mass is 16.1. The Balaban J connectivity index is 2.00. The van der Waals surface area contributed by atoms with Crippen molar-refractivity contribution in [1.29, 1.82) is 0 Å². The molecule has 108 valence electrons. The number of piperidine rings is 1. The van der Waals surface area contributed by atoms with E-state index in [0.29, 0.717) is 12.0 Å². The fraction of sp³-hybridized carbons (Fsp3) is 0.588. The van der Waals surface area contributed by atoms with Crippen LogP contribution in [0.25, 0.3) is 0 Å². The normalized spacial score (nSPS) is 25.9. The van der Waals surface area contributed by atoms with E-state index in [1.54, 1.807) is 0 Å². The van der Waals surface area contributed by atoms with Crippen molar-refractivity contribution >= 4 is 5.91 Å². The molecule has 2 aliphatic rings. The van der Waals surface area contributed by atoms with Crippen LogP contribution in [0.2, 0.25) is 0 Å². The third-order valence-corrected chi connectivity index (χ3v) is 4.95. The minimum absolute atomic E-state index is 0.268. The first-order valence-corrected chi connectivity index (χ1v) is 7.88. The van der Waals surface area contributed by atoms with Crippen LogP contribution in [0.4, 0.5) is 0 Å².